The maximum absolute atomic E-state index is 13.8. The van der Waals surface area contributed by atoms with Gasteiger partial charge in [0.15, 0.2) is 0 Å². The largest absolute Gasteiger partial charge is 0.391 e. The molecular formula is C20H29Cl2N3O2. The molecule has 7 heteroatoms. The number of rotatable bonds is 3. The fourth-order valence-corrected chi connectivity index (χ4v) is 4.83. The number of hydrogen-bond donors (Lipinski definition) is 3. The summed E-state index contributed by atoms with van der Waals surface area (Å²) in [5, 5.41) is 18.3. The summed E-state index contributed by atoms with van der Waals surface area (Å²) < 4.78 is 0. The van der Waals surface area contributed by atoms with Gasteiger partial charge in [-0.15, -0.1) is 0 Å². The quantitative estimate of drug-likeness (QED) is 0.708. The van der Waals surface area contributed by atoms with E-state index in [4.69, 9.17) is 23.2 Å². The van der Waals surface area contributed by atoms with Gasteiger partial charge in [0.05, 0.1) is 12.1 Å². The first-order valence-electron chi connectivity index (χ1n) is 9.58. The van der Waals surface area contributed by atoms with E-state index in [1.54, 1.807) is 18.2 Å². The number of benzene rings is 1. The predicted molar refractivity (Wildman–Crippen MR) is 110 cm³/mol. The Kier molecular flexibility index (Phi) is 5.97. The first-order valence-corrected chi connectivity index (χ1v) is 10.3. The second kappa shape index (κ2) is 7.78. The van der Waals surface area contributed by atoms with Crippen LogP contribution in [0.1, 0.15) is 40.0 Å². The molecule has 27 heavy (non-hydrogen) atoms. The van der Waals surface area contributed by atoms with Gasteiger partial charge in [-0.1, -0.05) is 44.0 Å². The number of amides is 1. The van der Waals surface area contributed by atoms with Crippen LogP contribution in [0.4, 0.5) is 5.69 Å². The van der Waals surface area contributed by atoms with E-state index in [-0.39, 0.29) is 17.4 Å². The number of nitrogens with zero attached hydrogens (tertiary/aromatic N) is 1. The maximum Gasteiger partial charge on any atom is 0.249 e. The normalized spacial score (nSPS) is 29.7. The van der Waals surface area contributed by atoms with Crippen LogP contribution in [0.5, 0.6) is 0 Å². The van der Waals surface area contributed by atoms with E-state index >= 15 is 0 Å². The highest BCUT2D eigenvalue weighted by molar-refractivity contribution is 6.35. The number of nitrogens with one attached hydrogen (secondary N) is 2. The van der Waals surface area contributed by atoms with Crippen LogP contribution in [0.15, 0.2) is 18.2 Å². The SMILES string of the molecule is CC(C)(C)C1(Nc2cc(Cl)cc(Cl)c2)CCCN([C@@H]2CNCC[C@H]2O)C1=O. The Labute approximate surface area is 171 Å². The molecule has 1 aromatic rings. The molecule has 1 aromatic carbocycles. The molecule has 3 rings (SSSR count). The van der Waals surface area contributed by atoms with E-state index in [0.717, 1.165) is 18.7 Å². The van der Waals surface area contributed by atoms with Crippen LogP contribution >= 0.6 is 23.2 Å². The Morgan fingerprint density at radius 2 is 1.93 bits per heavy atom. The number of hydrogen-bond acceptors (Lipinski definition) is 4. The summed E-state index contributed by atoms with van der Waals surface area (Å²) in [4.78, 5) is 15.6. The lowest BCUT2D eigenvalue weighted by molar-refractivity contribution is -0.150. The third-order valence-electron chi connectivity index (χ3n) is 5.89. The fourth-order valence-electron chi connectivity index (χ4n) is 4.30. The van der Waals surface area contributed by atoms with Crippen LogP contribution in [0, 0.1) is 5.41 Å². The van der Waals surface area contributed by atoms with E-state index in [2.05, 4.69) is 31.4 Å². The number of piperidine rings is 2. The van der Waals surface area contributed by atoms with Crippen LogP contribution in [0.2, 0.25) is 10.0 Å². The zero-order chi connectivity index (χ0) is 19.8. The van der Waals surface area contributed by atoms with Gasteiger partial charge in [0.2, 0.25) is 5.91 Å². The minimum absolute atomic E-state index is 0.0325. The third-order valence-corrected chi connectivity index (χ3v) is 6.33. The highest BCUT2D eigenvalue weighted by Crippen LogP contribution is 2.42. The molecule has 150 valence electrons. The van der Waals surface area contributed by atoms with Crippen LogP contribution in [0.25, 0.3) is 0 Å². The Balaban J connectivity index is 1.96. The molecule has 5 nitrogen and oxygen atoms in total. The molecule has 2 heterocycles. The Bertz CT molecular complexity index is 687. The van der Waals surface area contributed by atoms with Crippen molar-refractivity contribution in [3.05, 3.63) is 28.2 Å². The van der Waals surface area contributed by atoms with Crippen LogP contribution in [-0.4, -0.2) is 53.2 Å². The molecule has 1 unspecified atom stereocenters. The lowest BCUT2D eigenvalue weighted by Crippen LogP contribution is -2.68. The number of carbonyl (C=O) groups is 1. The number of aliphatic hydroxyl groups excluding tert-OH is 1. The molecule has 0 aliphatic carbocycles. The highest BCUT2D eigenvalue weighted by Gasteiger charge is 2.53. The number of carbonyl (C=O) groups excluding carboxylic acids is 1. The first-order chi connectivity index (χ1) is 12.6. The standard InChI is InChI=1S/C20H29Cl2N3O2/c1-19(2,3)20(24-15-10-13(21)9-14(22)11-15)6-4-8-25(18(20)27)16-12-23-7-5-17(16)26/h9-11,16-17,23-24,26H,4-8,12H2,1-3H3/t16-,17-,20?/m1/s1. The van der Waals surface area contributed by atoms with Gasteiger partial charge in [-0.3, -0.25) is 4.79 Å². The molecule has 3 N–H and O–H groups in total. The van der Waals surface area contributed by atoms with Gasteiger partial charge in [0, 0.05) is 28.8 Å². The van der Waals surface area contributed by atoms with E-state index in [1.807, 2.05) is 4.90 Å². The minimum Gasteiger partial charge on any atom is -0.391 e. The van der Waals surface area contributed by atoms with Crippen LogP contribution in [0.3, 0.4) is 0 Å². The molecular weight excluding hydrogens is 385 g/mol. The second-order valence-electron chi connectivity index (χ2n) is 8.67. The molecule has 2 aliphatic heterocycles. The molecule has 0 aromatic heterocycles. The van der Waals surface area contributed by atoms with Crippen LogP contribution < -0.4 is 10.6 Å². The van der Waals surface area contributed by atoms with Crippen molar-refractivity contribution in [1.82, 2.24) is 10.2 Å². The maximum atomic E-state index is 13.8. The van der Waals surface area contributed by atoms with Crippen molar-refractivity contribution in [1.29, 1.82) is 0 Å². The number of likely N-dealkylation sites (tertiary alicyclic amines) is 1. The predicted octanol–water partition coefficient (Wildman–Crippen LogP) is 3.54. The smallest absolute Gasteiger partial charge is 0.249 e. The molecule has 0 saturated carbocycles. The topological polar surface area (TPSA) is 64.6 Å². The Morgan fingerprint density at radius 3 is 2.52 bits per heavy atom. The first kappa shape index (κ1) is 20.7. The monoisotopic (exact) mass is 413 g/mol. The molecule has 2 aliphatic rings. The third kappa shape index (κ3) is 4.07. The highest BCUT2D eigenvalue weighted by atomic mass is 35.5. The molecule has 0 bridgehead atoms. The summed E-state index contributed by atoms with van der Waals surface area (Å²) >= 11 is 12.3. The van der Waals surface area contributed by atoms with Crippen molar-refractivity contribution in [2.45, 2.75) is 57.7 Å². The fraction of sp³-hybridized carbons (Fsp3) is 0.650. The number of aliphatic hydroxyl groups is 1. The lowest BCUT2D eigenvalue weighted by Gasteiger charge is -2.52. The van der Waals surface area contributed by atoms with Crippen molar-refractivity contribution in [2.24, 2.45) is 5.41 Å². The number of anilines is 1. The molecule has 2 saturated heterocycles. The molecule has 2 fully saturated rings. The summed E-state index contributed by atoms with van der Waals surface area (Å²) in [5.74, 6) is 0.0325. The van der Waals surface area contributed by atoms with Gasteiger partial charge in [-0.25, -0.2) is 0 Å². The molecule has 1 amide bonds. The number of halogens is 2. The lowest BCUT2D eigenvalue weighted by atomic mass is 9.67. The van der Waals surface area contributed by atoms with E-state index in [9.17, 15) is 9.90 Å². The Hall–Kier alpha value is -1.01. The minimum atomic E-state index is -0.795. The van der Waals surface area contributed by atoms with Crippen molar-refractivity contribution in [3.8, 4) is 0 Å². The zero-order valence-corrected chi connectivity index (χ0v) is 17.7. The van der Waals surface area contributed by atoms with Crippen molar-refractivity contribution in [2.75, 3.05) is 25.0 Å². The molecule has 3 atom stereocenters. The average Bonchev–Trinajstić information content (AvgIpc) is 2.55. The van der Waals surface area contributed by atoms with E-state index in [0.29, 0.717) is 36.0 Å². The van der Waals surface area contributed by atoms with Gasteiger partial charge >= 0.3 is 0 Å². The summed E-state index contributed by atoms with van der Waals surface area (Å²) in [6, 6.07) is 5.07. The zero-order valence-electron chi connectivity index (χ0n) is 16.2. The Morgan fingerprint density at radius 1 is 1.26 bits per heavy atom. The van der Waals surface area contributed by atoms with Crippen molar-refractivity contribution >= 4 is 34.8 Å². The average molecular weight is 414 g/mol. The summed E-state index contributed by atoms with van der Waals surface area (Å²) in [7, 11) is 0. The van der Waals surface area contributed by atoms with Crippen LogP contribution in [-0.2, 0) is 4.79 Å². The molecule has 0 spiro atoms. The molecule has 0 radical (unpaired) electrons. The summed E-state index contributed by atoms with van der Waals surface area (Å²) in [5.41, 5.74) is -0.402. The van der Waals surface area contributed by atoms with Gasteiger partial charge in [-0.05, 0) is 49.4 Å². The van der Waals surface area contributed by atoms with Gasteiger partial charge in [0.25, 0.3) is 0 Å². The summed E-state index contributed by atoms with van der Waals surface area (Å²) in [6.45, 7) is 8.28. The van der Waals surface area contributed by atoms with E-state index in [1.165, 1.54) is 0 Å². The van der Waals surface area contributed by atoms with Crippen molar-refractivity contribution < 1.29 is 9.90 Å². The van der Waals surface area contributed by atoms with Gasteiger partial charge in [-0.2, -0.15) is 0 Å². The second-order valence-corrected chi connectivity index (χ2v) is 9.54. The summed E-state index contributed by atoms with van der Waals surface area (Å²) in [6.07, 6.45) is 1.75. The van der Waals surface area contributed by atoms with Gasteiger partial charge < -0.3 is 20.6 Å². The van der Waals surface area contributed by atoms with Gasteiger partial charge in [0.1, 0.15) is 5.54 Å². The van der Waals surface area contributed by atoms with Crippen molar-refractivity contribution in [3.63, 3.8) is 0 Å². The van der Waals surface area contributed by atoms with E-state index < -0.39 is 11.6 Å².